The fourth-order valence-corrected chi connectivity index (χ4v) is 2.32. The molecule has 0 fully saturated rings. The first kappa shape index (κ1) is 15.1. The third-order valence-corrected chi connectivity index (χ3v) is 3.30. The minimum atomic E-state index is -0.179. The minimum absolute atomic E-state index is 0.0262. The molecule has 1 atom stereocenters. The van der Waals surface area contributed by atoms with Gasteiger partial charge in [-0.05, 0) is 49.2 Å². The Labute approximate surface area is 129 Å². The first-order chi connectivity index (χ1) is 10.1. The molecule has 2 aromatic carbocycles. The summed E-state index contributed by atoms with van der Waals surface area (Å²) in [4.78, 5) is 12.1. The van der Waals surface area contributed by atoms with Crippen LogP contribution in [0.1, 0.15) is 28.4 Å². The van der Waals surface area contributed by atoms with Crippen LogP contribution in [0, 0.1) is 11.3 Å². The second-order valence-electron chi connectivity index (χ2n) is 4.90. The standard InChI is InChI=1S/C17H15ClN2O/c1-12(8-13-4-3-7-16(18)10-13)20-17(21)15-6-2-5-14(9-15)11-19/h2-7,9-10,12H,8H2,1H3,(H,20,21). The van der Waals surface area contributed by atoms with E-state index in [0.717, 1.165) is 5.56 Å². The van der Waals surface area contributed by atoms with Crippen LogP contribution in [0.3, 0.4) is 0 Å². The maximum atomic E-state index is 12.1. The van der Waals surface area contributed by atoms with E-state index in [2.05, 4.69) is 5.32 Å². The van der Waals surface area contributed by atoms with Crippen molar-refractivity contribution in [1.29, 1.82) is 5.26 Å². The van der Waals surface area contributed by atoms with Gasteiger partial charge in [0.2, 0.25) is 0 Å². The van der Waals surface area contributed by atoms with Crippen LogP contribution in [-0.4, -0.2) is 11.9 Å². The summed E-state index contributed by atoms with van der Waals surface area (Å²) in [6.07, 6.45) is 0.699. The summed E-state index contributed by atoms with van der Waals surface area (Å²) in [5.74, 6) is -0.179. The topological polar surface area (TPSA) is 52.9 Å². The highest BCUT2D eigenvalue weighted by Crippen LogP contribution is 2.12. The fraction of sp³-hybridized carbons (Fsp3) is 0.176. The van der Waals surface area contributed by atoms with Crippen LogP contribution in [0.4, 0.5) is 0 Å². The zero-order chi connectivity index (χ0) is 15.2. The van der Waals surface area contributed by atoms with Crippen molar-refractivity contribution in [1.82, 2.24) is 5.32 Å². The minimum Gasteiger partial charge on any atom is -0.349 e. The van der Waals surface area contributed by atoms with Gasteiger partial charge in [0.15, 0.2) is 0 Å². The van der Waals surface area contributed by atoms with Gasteiger partial charge in [-0.2, -0.15) is 5.26 Å². The number of carbonyl (C=O) groups excluding carboxylic acids is 1. The third kappa shape index (κ3) is 4.34. The van der Waals surface area contributed by atoms with E-state index >= 15 is 0 Å². The molecule has 2 aromatic rings. The van der Waals surface area contributed by atoms with Crippen LogP contribution < -0.4 is 5.32 Å². The van der Waals surface area contributed by atoms with Crippen molar-refractivity contribution in [2.24, 2.45) is 0 Å². The Morgan fingerprint density at radius 3 is 2.76 bits per heavy atom. The highest BCUT2D eigenvalue weighted by molar-refractivity contribution is 6.30. The van der Waals surface area contributed by atoms with Crippen LogP contribution in [0.15, 0.2) is 48.5 Å². The van der Waals surface area contributed by atoms with Gasteiger partial charge in [0.25, 0.3) is 5.91 Å². The Hall–Kier alpha value is -2.31. The maximum absolute atomic E-state index is 12.1. The molecule has 1 amide bonds. The second-order valence-corrected chi connectivity index (χ2v) is 5.34. The van der Waals surface area contributed by atoms with Crippen molar-refractivity contribution >= 4 is 17.5 Å². The Morgan fingerprint density at radius 2 is 2.05 bits per heavy atom. The van der Waals surface area contributed by atoms with E-state index in [-0.39, 0.29) is 11.9 Å². The van der Waals surface area contributed by atoms with Crippen LogP contribution in [0.25, 0.3) is 0 Å². The smallest absolute Gasteiger partial charge is 0.251 e. The number of nitrogens with one attached hydrogen (secondary N) is 1. The molecule has 0 saturated heterocycles. The second kappa shape index (κ2) is 6.92. The van der Waals surface area contributed by atoms with Crippen LogP contribution in [0.2, 0.25) is 5.02 Å². The predicted octanol–water partition coefficient (Wildman–Crippen LogP) is 3.57. The monoisotopic (exact) mass is 298 g/mol. The van der Waals surface area contributed by atoms with E-state index in [1.807, 2.05) is 37.3 Å². The molecule has 1 unspecified atom stereocenters. The molecule has 1 N–H and O–H groups in total. The molecular weight excluding hydrogens is 284 g/mol. The lowest BCUT2D eigenvalue weighted by atomic mass is 10.1. The molecule has 0 saturated carbocycles. The lowest BCUT2D eigenvalue weighted by molar-refractivity contribution is 0.0940. The molecular formula is C17H15ClN2O. The number of carbonyl (C=O) groups is 1. The van der Waals surface area contributed by atoms with Gasteiger partial charge < -0.3 is 5.32 Å². The average Bonchev–Trinajstić information content (AvgIpc) is 2.47. The highest BCUT2D eigenvalue weighted by Gasteiger charge is 2.11. The summed E-state index contributed by atoms with van der Waals surface area (Å²) in [5, 5.41) is 12.5. The molecule has 0 aliphatic carbocycles. The van der Waals surface area contributed by atoms with Crippen molar-refractivity contribution in [3.8, 4) is 6.07 Å². The van der Waals surface area contributed by atoms with Gasteiger partial charge in [-0.15, -0.1) is 0 Å². The number of hydrogen-bond acceptors (Lipinski definition) is 2. The zero-order valence-corrected chi connectivity index (χ0v) is 12.4. The van der Waals surface area contributed by atoms with Gasteiger partial charge in [-0.25, -0.2) is 0 Å². The Kier molecular flexibility index (Phi) is 4.97. The Morgan fingerprint density at radius 1 is 1.29 bits per heavy atom. The summed E-state index contributed by atoms with van der Waals surface area (Å²) in [7, 11) is 0. The lowest BCUT2D eigenvalue weighted by Crippen LogP contribution is -2.34. The number of rotatable bonds is 4. The Bertz CT molecular complexity index is 691. The first-order valence-electron chi connectivity index (χ1n) is 6.64. The van der Waals surface area contributed by atoms with Crippen LogP contribution >= 0.6 is 11.6 Å². The average molecular weight is 299 g/mol. The molecule has 0 bridgehead atoms. The van der Waals surface area contributed by atoms with Gasteiger partial charge in [0.1, 0.15) is 0 Å². The summed E-state index contributed by atoms with van der Waals surface area (Å²) in [5.41, 5.74) is 2.04. The fourth-order valence-electron chi connectivity index (χ4n) is 2.11. The van der Waals surface area contributed by atoms with Crippen molar-refractivity contribution in [2.45, 2.75) is 19.4 Å². The summed E-state index contributed by atoms with van der Waals surface area (Å²) < 4.78 is 0. The zero-order valence-electron chi connectivity index (χ0n) is 11.6. The van der Waals surface area contributed by atoms with Crippen LogP contribution in [-0.2, 0) is 6.42 Å². The number of benzene rings is 2. The van der Waals surface area contributed by atoms with Crippen molar-refractivity contribution in [3.05, 3.63) is 70.2 Å². The van der Waals surface area contributed by atoms with Gasteiger partial charge in [0.05, 0.1) is 11.6 Å². The molecule has 0 aromatic heterocycles. The summed E-state index contributed by atoms with van der Waals surface area (Å²) >= 11 is 5.95. The molecule has 0 spiro atoms. The third-order valence-electron chi connectivity index (χ3n) is 3.06. The number of nitrogens with zero attached hydrogens (tertiary/aromatic N) is 1. The summed E-state index contributed by atoms with van der Waals surface area (Å²) in [6, 6.07) is 16.2. The van der Waals surface area contributed by atoms with Crippen molar-refractivity contribution < 1.29 is 4.79 Å². The molecule has 21 heavy (non-hydrogen) atoms. The number of nitriles is 1. The maximum Gasteiger partial charge on any atom is 0.251 e. The van der Waals surface area contributed by atoms with E-state index in [1.165, 1.54) is 0 Å². The normalized spacial score (nSPS) is 11.5. The molecule has 3 nitrogen and oxygen atoms in total. The van der Waals surface area contributed by atoms with Gasteiger partial charge in [-0.1, -0.05) is 29.8 Å². The van der Waals surface area contributed by atoms with Crippen LogP contribution in [0.5, 0.6) is 0 Å². The number of amides is 1. The van der Waals surface area contributed by atoms with Gasteiger partial charge >= 0.3 is 0 Å². The molecule has 0 aliphatic rings. The molecule has 2 rings (SSSR count). The number of halogens is 1. The van der Waals surface area contributed by atoms with Gasteiger partial charge in [0, 0.05) is 16.6 Å². The highest BCUT2D eigenvalue weighted by atomic mass is 35.5. The SMILES string of the molecule is CC(Cc1cccc(Cl)c1)NC(=O)c1cccc(C#N)c1. The predicted molar refractivity (Wildman–Crippen MR) is 83.2 cm³/mol. The quantitative estimate of drug-likeness (QED) is 0.938. The van der Waals surface area contributed by atoms with Gasteiger partial charge in [-0.3, -0.25) is 4.79 Å². The molecule has 4 heteroatoms. The molecule has 0 heterocycles. The number of hydrogen-bond donors (Lipinski definition) is 1. The Balaban J connectivity index is 2.00. The first-order valence-corrected chi connectivity index (χ1v) is 7.02. The van der Waals surface area contributed by atoms with E-state index in [0.29, 0.717) is 22.6 Å². The largest absolute Gasteiger partial charge is 0.349 e. The lowest BCUT2D eigenvalue weighted by Gasteiger charge is -2.14. The van der Waals surface area contributed by atoms with E-state index in [4.69, 9.17) is 16.9 Å². The molecule has 0 aliphatic heterocycles. The summed E-state index contributed by atoms with van der Waals surface area (Å²) in [6.45, 7) is 1.94. The van der Waals surface area contributed by atoms with E-state index < -0.39 is 0 Å². The molecule has 0 radical (unpaired) electrons. The van der Waals surface area contributed by atoms with Crippen molar-refractivity contribution in [3.63, 3.8) is 0 Å². The van der Waals surface area contributed by atoms with E-state index in [9.17, 15) is 4.79 Å². The molecule has 106 valence electrons. The van der Waals surface area contributed by atoms with E-state index in [1.54, 1.807) is 24.3 Å². The van der Waals surface area contributed by atoms with Crippen molar-refractivity contribution in [2.75, 3.05) is 0 Å².